The van der Waals surface area contributed by atoms with Crippen LogP contribution in [-0.4, -0.2) is 37.2 Å². The molecule has 0 amide bonds. The number of allylic oxidation sites excluding steroid dienone is 8. The molecule has 69 heavy (non-hydrogen) atoms. The molecule has 6 nitrogen and oxygen atoms in total. The summed E-state index contributed by atoms with van der Waals surface area (Å²) in [6, 6.07) is 0. The minimum atomic E-state index is -0.781. The Hall–Kier alpha value is -2.63. The van der Waals surface area contributed by atoms with E-state index >= 15 is 0 Å². The van der Waals surface area contributed by atoms with Crippen molar-refractivity contribution in [2.24, 2.45) is 0 Å². The molecule has 0 aromatic rings. The molecule has 1 atom stereocenters. The minimum absolute atomic E-state index is 0.0775. The van der Waals surface area contributed by atoms with Crippen LogP contribution in [0.25, 0.3) is 0 Å². The van der Waals surface area contributed by atoms with Crippen molar-refractivity contribution < 1.29 is 28.6 Å². The van der Waals surface area contributed by atoms with E-state index in [1.165, 1.54) is 180 Å². The standard InChI is InChI=1S/C63H114O6/c1-4-7-10-13-16-19-22-25-28-29-30-31-32-33-36-38-41-44-47-50-53-56-62(65)68-59-60(69-63(66)57-54-51-48-45-42-39-35-27-24-21-18-15-12-9-6-3)58-67-61(64)55-52-49-46-43-40-37-34-26-23-20-17-14-11-8-5-2/h9,12,18,21,27,29-30,35,60H,4-8,10-11,13-17,19-20,22-26,28,31-34,36-59H2,1-3H3/b12-9-,21-18-,30-29-,35-27-. The van der Waals surface area contributed by atoms with Gasteiger partial charge in [-0.3, -0.25) is 14.4 Å². The lowest BCUT2D eigenvalue weighted by atomic mass is 10.0. The SMILES string of the molecule is CC/C=C\C/C=C\C/C=C\CCCCCCCC(=O)OC(COC(=O)CCCCCCCCCCC/C=C\CCCCCCCCCC)COC(=O)CCCCCCCCCCCCCCCCC. The highest BCUT2D eigenvalue weighted by atomic mass is 16.6. The normalized spacial score (nSPS) is 12.3. The monoisotopic (exact) mass is 967 g/mol. The number of ether oxygens (including phenoxy) is 3. The van der Waals surface area contributed by atoms with Gasteiger partial charge in [0.2, 0.25) is 0 Å². The van der Waals surface area contributed by atoms with E-state index in [0.717, 1.165) is 96.3 Å². The lowest BCUT2D eigenvalue weighted by Crippen LogP contribution is -2.30. The van der Waals surface area contributed by atoms with Gasteiger partial charge >= 0.3 is 17.9 Å². The Morgan fingerprint density at radius 3 is 0.899 bits per heavy atom. The van der Waals surface area contributed by atoms with E-state index in [-0.39, 0.29) is 31.1 Å². The van der Waals surface area contributed by atoms with Crippen LogP contribution in [0.5, 0.6) is 0 Å². The molecule has 0 saturated carbocycles. The molecular weight excluding hydrogens is 853 g/mol. The first-order chi connectivity index (χ1) is 34.0. The van der Waals surface area contributed by atoms with Crippen LogP contribution in [-0.2, 0) is 28.6 Å². The number of rotatable bonds is 55. The molecule has 0 saturated heterocycles. The van der Waals surface area contributed by atoms with Gasteiger partial charge in [0.05, 0.1) is 0 Å². The van der Waals surface area contributed by atoms with Crippen LogP contribution >= 0.6 is 0 Å². The molecule has 0 fully saturated rings. The van der Waals surface area contributed by atoms with E-state index in [4.69, 9.17) is 14.2 Å². The molecule has 0 N–H and O–H groups in total. The average molecular weight is 968 g/mol. The molecule has 0 aliphatic heterocycles. The highest BCUT2D eigenvalue weighted by molar-refractivity contribution is 5.71. The van der Waals surface area contributed by atoms with Gasteiger partial charge in [-0.25, -0.2) is 0 Å². The molecule has 0 aromatic carbocycles. The summed E-state index contributed by atoms with van der Waals surface area (Å²) >= 11 is 0. The Morgan fingerprint density at radius 2 is 0.565 bits per heavy atom. The molecule has 0 aromatic heterocycles. The third kappa shape index (κ3) is 56.2. The zero-order valence-electron chi connectivity index (χ0n) is 46.1. The third-order valence-electron chi connectivity index (χ3n) is 13.3. The summed E-state index contributed by atoms with van der Waals surface area (Å²) in [4.78, 5) is 38.2. The smallest absolute Gasteiger partial charge is 0.306 e. The highest BCUT2D eigenvalue weighted by Gasteiger charge is 2.19. The Kier molecular flexibility index (Phi) is 55.7. The summed E-state index contributed by atoms with van der Waals surface area (Å²) in [7, 11) is 0. The average Bonchev–Trinajstić information content (AvgIpc) is 3.35. The maximum absolute atomic E-state index is 12.9. The lowest BCUT2D eigenvalue weighted by molar-refractivity contribution is -0.167. The van der Waals surface area contributed by atoms with E-state index in [1.54, 1.807) is 0 Å². The molecule has 0 bridgehead atoms. The first-order valence-electron chi connectivity index (χ1n) is 30.1. The quantitative estimate of drug-likeness (QED) is 0.0262. The van der Waals surface area contributed by atoms with E-state index in [2.05, 4.69) is 69.4 Å². The fourth-order valence-electron chi connectivity index (χ4n) is 8.81. The van der Waals surface area contributed by atoms with Crippen LogP contribution in [0.15, 0.2) is 48.6 Å². The number of unbranched alkanes of at least 4 members (excludes halogenated alkanes) is 36. The van der Waals surface area contributed by atoms with Crippen molar-refractivity contribution >= 4 is 17.9 Å². The largest absolute Gasteiger partial charge is 0.462 e. The maximum atomic E-state index is 12.9. The third-order valence-corrected chi connectivity index (χ3v) is 13.3. The molecule has 6 heteroatoms. The van der Waals surface area contributed by atoms with Crippen molar-refractivity contribution in [1.29, 1.82) is 0 Å². The Morgan fingerprint density at radius 1 is 0.304 bits per heavy atom. The van der Waals surface area contributed by atoms with Crippen molar-refractivity contribution in [3.8, 4) is 0 Å². The summed E-state index contributed by atoms with van der Waals surface area (Å²) in [5.41, 5.74) is 0. The van der Waals surface area contributed by atoms with Crippen LogP contribution in [0.2, 0.25) is 0 Å². The van der Waals surface area contributed by atoms with Gasteiger partial charge in [0.15, 0.2) is 6.10 Å². The molecule has 0 aliphatic rings. The number of esters is 3. The van der Waals surface area contributed by atoms with Gasteiger partial charge in [0.25, 0.3) is 0 Å². The van der Waals surface area contributed by atoms with Crippen molar-refractivity contribution in [2.45, 2.75) is 322 Å². The van der Waals surface area contributed by atoms with Crippen LogP contribution in [0.3, 0.4) is 0 Å². The number of carbonyl (C=O) groups is 3. The van der Waals surface area contributed by atoms with Crippen LogP contribution in [0.4, 0.5) is 0 Å². The second kappa shape index (κ2) is 57.9. The highest BCUT2D eigenvalue weighted by Crippen LogP contribution is 2.17. The Balaban J connectivity index is 4.33. The van der Waals surface area contributed by atoms with Crippen molar-refractivity contribution in [3.05, 3.63) is 48.6 Å². The topological polar surface area (TPSA) is 78.9 Å². The maximum Gasteiger partial charge on any atom is 0.306 e. The predicted molar refractivity (Wildman–Crippen MR) is 298 cm³/mol. The van der Waals surface area contributed by atoms with Gasteiger partial charge < -0.3 is 14.2 Å². The molecule has 0 rings (SSSR count). The summed E-state index contributed by atoms with van der Waals surface area (Å²) in [6.45, 7) is 6.56. The van der Waals surface area contributed by atoms with Crippen LogP contribution in [0.1, 0.15) is 316 Å². The molecule has 0 radical (unpaired) electrons. The van der Waals surface area contributed by atoms with Gasteiger partial charge in [0.1, 0.15) is 13.2 Å². The molecule has 402 valence electrons. The first kappa shape index (κ1) is 66.4. The molecule has 1 unspecified atom stereocenters. The number of hydrogen-bond acceptors (Lipinski definition) is 6. The van der Waals surface area contributed by atoms with Crippen molar-refractivity contribution in [2.75, 3.05) is 13.2 Å². The molecule has 0 spiro atoms. The summed E-state index contributed by atoms with van der Waals surface area (Å²) in [5, 5.41) is 0. The zero-order valence-corrected chi connectivity index (χ0v) is 46.1. The Labute approximate surface area is 428 Å². The van der Waals surface area contributed by atoms with Crippen molar-refractivity contribution in [1.82, 2.24) is 0 Å². The van der Waals surface area contributed by atoms with E-state index in [0.29, 0.717) is 19.3 Å². The van der Waals surface area contributed by atoms with Crippen molar-refractivity contribution in [3.63, 3.8) is 0 Å². The lowest BCUT2D eigenvalue weighted by Gasteiger charge is -2.18. The predicted octanol–water partition coefficient (Wildman–Crippen LogP) is 20.2. The van der Waals surface area contributed by atoms with E-state index in [1.807, 2.05) is 0 Å². The second-order valence-corrected chi connectivity index (χ2v) is 20.2. The minimum Gasteiger partial charge on any atom is -0.462 e. The molecule has 0 aliphatic carbocycles. The van der Waals surface area contributed by atoms with E-state index < -0.39 is 6.10 Å². The zero-order chi connectivity index (χ0) is 50.0. The summed E-state index contributed by atoms with van der Waals surface area (Å²) in [6.07, 6.45) is 71.1. The Bertz CT molecular complexity index is 1200. The fraction of sp³-hybridized carbons (Fsp3) is 0.825. The number of hydrogen-bond donors (Lipinski definition) is 0. The molecule has 0 heterocycles. The van der Waals surface area contributed by atoms with E-state index in [9.17, 15) is 14.4 Å². The first-order valence-corrected chi connectivity index (χ1v) is 30.1. The van der Waals surface area contributed by atoms with Gasteiger partial charge in [-0.05, 0) is 77.0 Å². The molecular formula is C63H114O6. The van der Waals surface area contributed by atoms with Gasteiger partial charge in [0, 0.05) is 19.3 Å². The second-order valence-electron chi connectivity index (χ2n) is 20.2. The van der Waals surface area contributed by atoms with Crippen LogP contribution < -0.4 is 0 Å². The summed E-state index contributed by atoms with van der Waals surface area (Å²) < 4.78 is 16.9. The van der Waals surface area contributed by atoms with Gasteiger partial charge in [-0.2, -0.15) is 0 Å². The summed E-state index contributed by atoms with van der Waals surface area (Å²) in [5.74, 6) is -0.880. The number of carbonyl (C=O) groups excluding carboxylic acids is 3. The van der Waals surface area contributed by atoms with Gasteiger partial charge in [-0.1, -0.05) is 268 Å². The fourth-order valence-corrected chi connectivity index (χ4v) is 8.81. The van der Waals surface area contributed by atoms with Gasteiger partial charge in [-0.15, -0.1) is 0 Å². The van der Waals surface area contributed by atoms with Crippen LogP contribution in [0, 0.1) is 0 Å².